The van der Waals surface area contributed by atoms with Crippen LogP contribution in [0.3, 0.4) is 0 Å². The summed E-state index contributed by atoms with van der Waals surface area (Å²) in [6.07, 6.45) is 1.21. The van der Waals surface area contributed by atoms with Crippen molar-refractivity contribution in [3.8, 4) is 16.9 Å². The van der Waals surface area contributed by atoms with Crippen molar-refractivity contribution >= 4 is 12.2 Å². The van der Waals surface area contributed by atoms with Crippen molar-refractivity contribution in [1.29, 1.82) is 0 Å². The van der Waals surface area contributed by atoms with Crippen molar-refractivity contribution in [1.82, 2.24) is 5.32 Å². The molecular weight excluding hydrogens is 278 g/mol. The van der Waals surface area contributed by atoms with Gasteiger partial charge in [-0.05, 0) is 35.7 Å². The van der Waals surface area contributed by atoms with Crippen molar-refractivity contribution < 1.29 is 14.7 Å². The molecule has 0 fully saturated rings. The van der Waals surface area contributed by atoms with Gasteiger partial charge in [0.05, 0.1) is 6.04 Å². The summed E-state index contributed by atoms with van der Waals surface area (Å²) in [5, 5.41) is 12.4. The van der Waals surface area contributed by atoms with E-state index in [-0.39, 0.29) is 30.5 Å². The molecule has 0 radical (unpaired) electrons. The molecule has 0 aliphatic carbocycles. The third-order valence-electron chi connectivity index (χ3n) is 3.46. The van der Waals surface area contributed by atoms with Crippen LogP contribution in [0.4, 0.5) is 0 Å². The number of aldehydes is 1. The number of phenolic OH excluding ortho intramolecular Hbond substituents is 1. The summed E-state index contributed by atoms with van der Waals surface area (Å²) >= 11 is 0. The smallest absolute Gasteiger partial charge is 0.220 e. The summed E-state index contributed by atoms with van der Waals surface area (Å²) in [5.41, 5.74) is 2.93. The van der Waals surface area contributed by atoms with Gasteiger partial charge < -0.3 is 15.2 Å². The highest BCUT2D eigenvalue weighted by Gasteiger charge is 2.09. The Balaban J connectivity index is 2.05. The molecule has 0 spiro atoms. The maximum absolute atomic E-state index is 11.6. The number of carbonyl (C=O) groups excluding carboxylic acids is 2. The monoisotopic (exact) mass is 297 g/mol. The van der Waals surface area contributed by atoms with E-state index in [1.807, 2.05) is 37.3 Å². The second kappa shape index (κ2) is 7.41. The average molecular weight is 297 g/mol. The van der Waals surface area contributed by atoms with Crippen LogP contribution >= 0.6 is 0 Å². The average Bonchev–Trinajstić information content (AvgIpc) is 2.53. The molecule has 0 bridgehead atoms. The zero-order valence-corrected chi connectivity index (χ0v) is 12.5. The number of aromatic hydroxyl groups is 1. The van der Waals surface area contributed by atoms with E-state index in [0.717, 1.165) is 23.0 Å². The van der Waals surface area contributed by atoms with Crippen molar-refractivity contribution in [2.75, 3.05) is 0 Å². The minimum atomic E-state index is -0.128. The standard InChI is InChI=1S/C18H19NO3/c1-13(19-18(22)6-3-11-20)14-7-9-15(10-8-14)16-4-2-5-17(21)12-16/h2,4-5,7-13,21H,3,6H2,1H3,(H,19,22). The molecular formula is C18H19NO3. The van der Waals surface area contributed by atoms with Crippen LogP contribution in [0.1, 0.15) is 31.4 Å². The first-order valence-corrected chi connectivity index (χ1v) is 7.22. The van der Waals surface area contributed by atoms with E-state index in [9.17, 15) is 14.7 Å². The number of carbonyl (C=O) groups is 2. The summed E-state index contributed by atoms with van der Waals surface area (Å²) in [4.78, 5) is 21.9. The van der Waals surface area contributed by atoms with Gasteiger partial charge in [0, 0.05) is 12.8 Å². The van der Waals surface area contributed by atoms with E-state index < -0.39 is 0 Å². The molecule has 0 aromatic heterocycles. The van der Waals surface area contributed by atoms with Gasteiger partial charge in [0.15, 0.2) is 0 Å². The van der Waals surface area contributed by atoms with Gasteiger partial charge in [-0.1, -0.05) is 36.4 Å². The van der Waals surface area contributed by atoms with Gasteiger partial charge >= 0.3 is 0 Å². The molecule has 0 saturated carbocycles. The second-order valence-corrected chi connectivity index (χ2v) is 5.17. The topological polar surface area (TPSA) is 66.4 Å². The summed E-state index contributed by atoms with van der Waals surface area (Å²) in [6, 6.07) is 14.8. The number of amides is 1. The molecule has 1 amide bonds. The third kappa shape index (κ3) is 4.19. The molecule has 0 aliphatic heterocycles. The fourth-order valence-electron chi connectivity index (χ4n) is 2.24. The molecule has 0 heterocycles. The molecule has 1 unspecified atom stereocenters. The highest BCUT2D eigenvalue weighted by atomic mass is 16.3. The van der Waals surface area contributed by atoms with E-state index >= 15 is 0 Å². The Bertz CT molecular complexity index is 650. The van der Waals surface area contributed by atoms with Crippen molar-refractivity contribution in [2.24, 2.45) is 0 Å². The first kappa shape index (κ1) is 15.8. The molecule has 2 rings (SSSR count). The summed E-state index contributed by atoms with van der Waals surface area (Å²) < 4.78 is 0. The number of phenols is 1. The quantitative estimate of drug-likeness (QED) is 0.805. The molecule has 2 N–H and O–H groups in total. The van der Waals surface area contributed by atoms with Crippen LogP contribution in [-0.2, 0) is 9.59 Å². The zero-order chi connectivity index (χ0) is 15.9. The predicted molar refractivity (Wildman–Crippen MR) is 85.4 cm³/mol. The van der Waals surface area contributed by atoms with Crippen LogP contribution in [0.25, 0.3) is 11.1 Å². The lowest BCUT2D eigenvalue weighted by Gasteiger charge is -2.14. The van der Waals surface area contributed by atoms with E-state index in [0.29, 0.717) is 0 Å². The molecule has 1 atom stereocenters. The fourth-order valence-corrected chi connectivity index (χ4v) is 2.24. The third-order valence-corrected chi connectivity index (χ3v) is 3.46. The van der Waals surface area contributed by atoms with Gasteiger partial charge in [-0.15, -0.1) is 0 Å². The van der Waals surface area contributed by atoms with Crippen LogP contribution in [0, 0.1) is 0 Å². The molecule has 4 nitrogen and oxygen atoms in total. The summed E-state index contributed by atoms with van der Waals surface area (Å²) in [6.45, 7) is 1.90. The van der Waals surface area contributed by atoms with Crippen LogP contribution in [0.2, 0.25) is 0 Å². The fraction of sp³-hybridized carbons (Fsp3) is 0.222. The van der Waals surface area contributed by atoms with Crippen LogP contribution in [0.5, 0.6) is 5.75 Å². The van der Waals surface area contributed by atoms with Gasteiger partial charge in [-0.3, -0.25) is 4.79 Å². The lowest BCUT2D eigenvalue weighted by atomic mass is 10.0. The Morgan fingerprint density at radius 3 is 2.55 bits per heavy atom. The minimum absolute atomic E-state index is 0.114. The van der Waals surface area contributed by atoms with E-state index in [4.69, 9.17) is 0 Å². The Hall–Kier alpha value is -2.62. The molecule has 2 aromatic carbocycles. The van der Waals surface area contributed by atoms with Gasteiger partial charge in [-0.25, -0.2) is 0 Å². The molecule has 0 aliphatic rings. The van der Waals surface area contributed by atoms with Crippen molar-refractivity contribution in [3.05, 3.63) is 54.1 Å². The van der Waals surface area contributed by atoms with Crippen molar-refractivity contribution in [2.45, 2.75) is 25.8 Å². The Morgan fingerprint density at radius 1 is 1.18 bits per heavy atom. The van der Waals surface area contributed by atoms with Gasteiger partial charge in [-0.2, -0.15) is 0 Å². The normalized spacial score (nSPS) is 11.7. The van der Waals surface area contributed by atoms with Crippen LogP contribution in [0.15, 0.2) is 48.5 Å². The number of benzene rings is 2. The summed E-state index contributed by atoms with van der Waals surface area (Å²) in [5.74, 6) is 0.106. The number of hydrogen-bond acceptors (Lipinski definition) is 3. The van der Waals surface area contributed by atoms with E-state index in [1.54, 1.807) is 18.2 Å². The van der Waals surface area contributed by atoms with Gasteiger partial charge in [0.1, 0.15) is 12.0 Å². The number of hydrogen-bond donors (Lipinski definition) is 2. The first-order chi connectivity index (χ1) is 10.6. The van der Waals surface area contributed by atoms with Crippen molar-refractivity contribution in [3.63, 3.8) is 0 Å². The predicted octanol–water partition coefficient (Wildman–Crippen LogP) is 3.22. The Kier molecular flexibility index (Phi) is 5.31. The second-order valence-electron chi connectivity index (χ2n) is 5.17. The highest BCUT2D eigenvalue weighted by Crippen LogP contribution is 2.24. The van der Waals surface area contributed by atoms with Gasteiger partial charge in [0.2, 0.25) is 5.91 Å². The van der Waals surface area contributed by atoms with E-state index in [1.165, 1.54) is 0 Å². The molecule has 0 saturated heterocycles. The number of rotatable bonds is 6. The number of nitrogens with one attached hydrogen (secondary N) is 1. The first-order valence-electron chi connectivity index (χ1n) is 7.22. The SMILES string of the molecule is CC(NC(=O)CCC=O)c1ccc(-c2cccc(O)c2)cc1. The molecule has 4 heteroatoms. The maximum Gasteiger partial charge on any atom is 0.220 e. The van der Waals surface area contributed by atoms with Crippen LogP contribution in [-0.4, -0.2) is 17.3 Å². The lowest BCUT2D eigenvalue weighted by Crippen LogP contribution is -2.26. The highest BCUT2D eigenvalue weighted by molar-refractivity contribution is 5.78. The van der Waals surface area contributed by atoms with Gasteiger partial charge in [0.25, 0.3) is 0 Å². The zero-order valence-electron chi connectivity index (χ0n) is 12.5. The lowest BCUT2D eigenvalue weighted by molar-refractivity contribution is -0.123. The molecule has 22 heavy (non-hydrogen) atoms. The van der Waals surface area contributed by atoms with Crippen LogP contribution < -0.4 is 5.32 Å². The Labute approximate surface area is 129 Å². The molecule has 2 aromatic rings. The largest absolute Gasteiger partial charge is 0.508 e. The van der Waals surface area contributed by atoms with E-state index in [2.05, 4.69) is 5.32 Å². The molecule has 114 valence electrons. The summed E-state index contributed by atoms with van der Waals surface area (Å²) in [7, 11) is 0. The Morgan fingerprint density at radius 2 is 1.91 bits per heavy atom. The minimum Gasteiger partial charge on any atom is -0.508 e. The maximum atomic E-state index is 11.6.